The number of rotatable bonds is 5. The first-order chi connectivity index (χ1) is 10.7. The van der Waals surface area contributed by atoms with Crippen molar-refractivity contribution in [3.05, 3.63) is 36.2 Å². The average Bonchev–Trinajstić information content (AvgIpc) is 3.17. The molecule has 1 aromatic carbocycles. The average molecular weight is 300 g/mol. The summed E-state index contributed by atoms with van der Waals surface area (Å²) >= 11 is 0. The fourth-order valence-electron chi connectivity index (χ4n) is 2.63. The number of benzene rings is 1. The van der Waals surface area contributed by atoms with E-state index in [2.05, 4.69) is 20.5 Å². The molecule has 1 aromatic heterocycles. The van der Waals surface area contributed by atoms with Crippen LogP contribution in [0.15, 0.2) is 30.3 Å². The Hall–Kier alpha value is -2.21. The summed E-state index contributed by atoms with van der Waals surface area (Å²) in [5.74, 6) is 1.48. The largest absolute Gasteiger partial charge is 0.378 e. The summed E-state index contributed by atoms with van der Waals surface area (Å²) in [5.41, 5.74) is 0.978. The van der Waals surface area contributed by atoms with Crippen LogP contribution in [0.4, 0.5) is 0 Å². The van der Waals surface area contributed by atoms with E-state index in [1.165, 1.54) is 0 Å². The molecule has 0 radical (unpaired) electrons. The highest BCUT2D eigenvalue weighted by Crippen LogP contribution is 2.20. The number of amides is 1. The lowest BCUT2D eigenvalue weighted by atomic mass is 10.0. The lowest BCUT2D eigenvalue weighted by Gasteiger charge is -2.13. The molecule has 1 amide bonds. The molecule has 2 heterocycles. The van der Waals surface area contributed by atoms with Crippen LogP contribution in [-0.4, -0.2) is 40.3 Å². The van der Waals surface area contributed by atoms with Crippen LogP contribution in [0.5, 0.6) is 0 Å². The highest BCUT2D eigenvalue weighted by molar-refractivity contribution is 5.79. The SMILES string of the molecule is C[C@@H]1OCC[C@@H]1C(=O)NCCc1nc(-c2ccccc2)n[nH]1. The second-order valence-corrected chi connectivity index (χ2v) is 5.48. The van der Waals surface area contributed by atoms with Gasteiger partial charge >= 0.3 is 0 Å². The third-order valence-corrected chi connectivity index (χ3v) is 3.94. The van der Waals surface area contributed by atoms with Gasteiger partial charge in [0.25, 0.3) is 0 Å². The van der Waals surface area contributed by atoms with Crippen LogP contribution < -0.4 is 5.32 Å². The molecule has 2 N–H and O–H groups in total. The zero-order valence-corrected chi connectivity index (χ0v) is 12.6. The third-order valence-electron chi connectivity index (χ3n) is 3.94. The molecule has 3 rings (SSSR count). The Morgan fingerprint density at radius 3 is 2.95 bits per heavy atom. The number of nitrogens with zero attached hydrogens (tertiary/aromatic N) is 2. The number of hydrogen-bond acceptors (Lipinski definition) is 4. The van der Waals surface area contributed by atoms with Crippen molar-refractivity contribution in [2.75, 3.05) is 13.2 Å². The van der Waals surface area contributed by atoms with Gasteiger partial charge in [-0.05, 0) is 13.3 Å². The zero-order valence-electron chi connectivity index (χ0n) is 12.6. The smallest absolute Gasteiger partial charge is 0.225 e. The van der Waals surface area contributed by atoms with E-state index in [4.69, 9.17) is 4.74 Å². The van der Waals surface area contributed by atoms with Gasteiger partial charge in [0.15, 0.2) is 5.82 Å². The molecular formula is C16H20N4O2. The minimum Gasteiger partial charge on any atom is -0.378 e. The Kier molecular flexibility index (Phi) is 4.48. The fraction of sp³-hybridized carbons (Fsp3) is 0.438. The molecule has 6 nitrogen and oxygen atoms in total. The van der Waals surface area contributed by atoms with Gasteiger partial charge < -0.3 is 10.1 Å². The van der Waals surface area contributed by atoms with Gasteiger partial charge in [-0.1, -0.05) is 30.3 Å². The summed E-state index contributed by atoms with van der Waals surface area (Å²) in [5, 5.41) is 10.1. The molecule has 1 aliphatic rings. The van der Waals surface area contributed by atoms with E-state index in [9.17, 15) is 4.79 Å². The quantitative estimate of drug-likeness (QED) is 0.878. The molecule has 0 saturated carbocycles. The van der Waals surface area contributed by atoms with Gasteiger partial charge in [0.05, 0.1) is 12.0 Å². The van der Waals surface area contributed by atoms with Crippen LogP contribution in [0.25, 0.3) is 11.4 Å². The van der Waals surface area contributed by atoms with Crippen molar-refractivity contribution >= 4 is 5.91 Å². The van der Waals surface area contributed by atoms with Crippen LogP contribution in [0.3, 0.4) is 0 Å². The Morgan fingerprint density at radius 2 is 2.23 bits per heavy atom. The van der Waals surface area contributed by atoms with Gasteiger partial charge in [-0.2, -0.15) is 5.10 Å². The first kappa shape index (κ1) is 14.7. The molecule has 1 aliphatic heterocycles. The predicted octanol–water partition coefficient (Wildman–Crippen LogP) is 1.56. The number of H-pyrrole nitrogens is 1. The Balaban J connectivity index is 1.50. The van der Waals surface area contributed by atoms with Crippen LogP contribution in [0, 0.1) is 5.92 Å². The molecule has 2 aromatic rings. The number of aromatic amines is 1. The van der Waals surface area contributed by atoms with Crippen molar-refractivity contribution in [3.8, 4) is 11.4 Å². The normalized spacial score (nSPS) is 21.0. The minimum absolute atomic E-state index is 0.00922. The number of carbonyl (C=O) groups is 1. The Bertz CT molecular complexity index is 626. The third kappa shape index (κ3) is 3.33. The summed E-state index contributed by atoms with van der Waals surface area (Å²) in [6.45, 7) is 3.16. The van der Waals surface area contributed by atoms with Crippen LogP contribution in [0.2, 0.25) is 0 Å². The molecule has 22 heavy (non-hydrogen) atoms. The molecule has 6 heteroatoms. The summed E-state index contributed by atoms with van der Waals surface area (Å²) in [6, 6.07) is 9.81. The molecule has 116 valence electrons. The van der Waals surface area contributed by atoms with Gasteiger partial charge in [0.1, 0.15) is 5.82 Å². The van der Waals surface area contributed by atoms with Gasteiger partial charge in [-0.15, -0.1) is 0 Å². The predicted molar refractivity (Wildman–Crippen MR) is 82.1 cm³/mol. The zero-order chi connectivity index (χ0) is 15.4. The van der Waals surface area contributed by atoms with Crippen molar-refractivity contribution in [2.24, 2.45) is 5.92 Å². The summed E-state index contributed by atoms with van der Waals surface area (Å²) in [7, 11) is 0. The van der Waals surface area contributed by atoms with Crippen LogP contribution >= 0.6 is 0 Å². The topological polar surface area (TPSA) is 79.9 Å². The highest BCUT2D eigenvalue weighted by atomic mass is 16.5. The van der Waals surface area contributed by atoms with E-state index in [-0.39, 0.29) is 17.9 Å². The number of ether oxygens (including phenoxy) is 1. The Morgan fingerprint density at radius 1 is 1.41 bits per heavy atom. The van der Waals surface area contributed by atoms with E-state index >= 15 is 0 Å². The summed E-state index contributed by atoms with van der Waals surface area (Å²) in [4.78, 5) is 16.5. The minimum atomic E-state index is -0.0328. The standard InChI is InChI=1S/C16H20N4O2/c1-11-13(8-10-22-11)16(21)17-9-7-14-18-15(20-19-14)12-5-3-2-4-6-12/h2-6,11,13H,7-10H2,1H3,(H,17,21)(H,18,19,20)/t11-,13-/m0/s1. The van der Waals surface area contributed by atoms with Crippen molar-refractivity contribution in [3.63, 3.8) is 0 Å². The van der Waals surface area contributed by atoms with Gasteiger partial charge in [0, 0.05) is 25.1 Å². The van der Waals surface area contributed by atoms with Gasteiger partial charge in [-0.3, -0.25) is 9.89 Å². The maximum Gasteiger partial charge on any atom is 0.225 e. The van der Waals surface area contributed by atoms with E-state index in [0.717, 1.165) is 17.8 Å². The maximum atomic E-state index is 12.0. The summed E-state index contributed by atoms with van der Waals surface area (Å²) < 4.78 is 5.41. The van der Waals surface area contributed by atoms with Gasteiger partial charge in [0.2, 0.25) is 5.91 Å². The second kappa shape index (κ2) is 6.70. The van der Waals surface area contributed by atoms with Crippen LogP contribution in [-0.2, 0) is 16.0 Å². The molecule has 0 unspecified atom stereocenters. The monoisotopic (exact) mass is 300 g/mol. The van der Waals surface area contributed by atoms with E-state index < -0.39 is 0 Å². The lowest BCUT2D eigenvalue weighted by Crippen LogP contribution is -2.35. The first-order valence-corrected chi connectivity index (χ1v) is 7.60. The molecule has 2 atom stereocenters. The van der Waals surface area contributed by atoms with Crippen LogP contribution in [0.1, 0.15) is 19.2 Å². The van der Waals surface area contributed by atoms with Crippen molar-refractivity contribution in [1.82, 2.24) is 20.5 Å². The molecule has 1 saturated heterocycles. The molecule has 0 aliphatic carbocycles. The molecule has 1 fully saturated rings. The molecule has 0 spiro atoms. The second-order valence-electron chi connectivity index (χ2n) is 5.48. The number of nitrogens with one attached hydrogen (secondary N) is 2. The molecular weight excluding hydrogens is 280 g/mol. The maximum absolute atomic E-state index is 12.0. The molecule has 0 bridgehead atoms. The van der Waals surface area contributed by atoms with Crippen molar-refractivity contribution < 1.29 is 9.53 Å². The number of hydrogen-bond donors (Lipinski definition) is 2. The fourth-order valence-corrected chi connectivity index (χ4v) is 2.63. The van der Waals surface area contributed by atoms with E-state index in [1.807, 2.05) is 37.3 Å². The number of carbonyl (C=O) groups excluding carboxylic acids is 1. The van der Waals surface area contributed by atoms with Crippen molar-refractivity contribution in [2.45, 2.75) is 25.9 Å². The Labute approximate surface area is 129 Å². The first-order valence-electron chi connectivity index (χ1n) is 7.60. The lowest BCUT2D eigenvalue weighted by molar-refractivity contribution is -0.126. The van der Waals surface area contributed by atoms with Gasteiger partial charge in [-0.25, -0.2) is 4.98 Å². The highest BCUT2D eigenvalue weighted by Gasteiger charge is 2.30. The summed E-state index contributed by atoms with van der Waals surface area (Å²) in [6.07, 6.45) is 1.44. The number of aromatic nitrogens is 3. The van der Waals surface area contributed by atoms with E-state index in [1.54, 1.807) is 0 Å². The van der Waals surface area contributed by atoms with E-state index in [0.29, 0.717) is 25.4 Å². The van der Waals surface area contributed by atoms with Crippen molar-refractivity contribution in [1.29, 1.82) is 0 Å².